The summed E-state index contributed by atoms with van der Waals surface area (Å²) in [5.41, 5.74) is 0. The molecule has 450 valence electrons. The largest absolute Gasteiger partial charge is 1.00 e. The van der Waals surface area contributed by atoms with Gasteiger partial charge < -0.3 is 94.8 Å². The van der Waals surface area contributed by atoms with Crippen LogP contribution in [0, 0.1) is 0 Å². The molecule has 38 N–H and O–H groups in total. The van der Waals surface area contributed by atoms with Gasteiger partial charge in [0.05, 0.1) is 13.2 Å². The third kappa shape index (κ3) is 124. The molecule has 0 aliphatic carbocycles. The number of aliphatic hydroxyl groups is 8. The third-order valence-corrected chi connectivity index (χ3v) is 4.07. The molecule has 2 rings (SSSR count). The number of hydrogen-bond donors (Lipinski definition) is 24. The predicted octanol–water partition coefficient (Wildman–Crippen LogP) is -19.3. The minimum Gasteiger partial charge on any atom is -1.00 e. The Labute approximate surface area is 440 Å². The molecular weight excluding hydrogens is 1240 g/mol. The van der Waals surface area contributed by atoms with Gasteiger partial charge in [-0.1, -0.05) is 0 Å². The van der Waals surface area contributed by atoms with Crippen LogP contribution in [0.4, 0.5) is 0 Å². The van der Waals surface area contributed by atoms with Crippen molar-refractivity contribution in [1.29, 1.82) is 0 Å². The van der Waals surface area contributed by atoms with Gasteiger partial charge in [-0.2, -0.15) is 67.3 Å². The Morgan fingerprint density at radius 1 is 0.366 bits per heavy atom. The number of aliphatic hydroxyl groups excluding tert-OH is 8. The van der Waals surface area contributed by atoms with Crippen LogP contribution in [0.15, 0.2) is 0 Å². The Hall–Kier alpha value is -0.124. The quantitative estimate of drug-likeness (QED) is 0.0898. The van der Waals surface area contributed by atoms with Gasteiger partial charge in [-0.05, 0) is 0 Å². The molecular formula is C12H53KO50S8. The number of hydrogen-bond acceptors (Lipinski definition) is 27. The molecule has 0 spiro atoms. The molecule has 0 saturated carbocycles. The van der Waals surface area contributed by atoms with E-state index in [1.165, 1.54) is 0 Å². The second kappa shape index (κ2) is 47.1. The van der Waals surface area contributed by atoms with Gasteiger partial charge in [0.2, 0.25) is 5.79 Å². The van der Waals surface area contributed by atoms with Crippen LogP contribution in [-0.2, 0) is 97.4 Å². The number of rotatable bonds is 5. The Balaban J connectivity index is -0.0000000387. The molecule has 0 radical (unpaired) electrons. The van der Waals surface area contributed by atoms with Crippen LogP contribution >= 0.6 is 0 Å². The summed E-state index contributed by atoms with van der Waals surface area (Å²) in [6, 6.07) is 0. The Kier molecular flexibility index (Phi) is 73.6. The topological polar surface area (TPSA) is 1010 Å². The summed E-state index contributed by atoms with van der Waals surface area (Å²) >= 11 is 0. The first-order valence-corrected chi connectivity index (χ1v) is 23.8. The van der Waals surface area contributed by atoms with Gasteiger partial charge in [-0.25, -0.2) is 0 Å². The summed E-state index contributed by atoms with van der Waals surface area (Å²) in [5.74, 6) is -2.22. The van der Waals surface area contributed by atoms with Crippen molar-refractivity contribution in [2.24, 2.45) is 0 Å². The smallest absolute Gasteiger partial charge is 1.00 e. The van der Waals surface area contributed by atoms with Crippen LogP contribution in [-0.4, -0.2) is 294 Å². The first kappa shape index (κ1) is 111. The van der Waals surface area contributed by atoms with E-state index in [9.17, 15) is 30.6 Å². The van der Waals surface area contributed by atoms with Crippen molar-refractivity contribution in [1.82, 2.24) is 0 Å². The van der Waals surface area contributed by atoms with E-state index in [2.05, 4.69) is 0 Å². The van der Waals surface area contributed by atoms with Crippen LogP contribution in [0.2, 0.25) is 0 Å². The van der Waals surface area contributed by atoms with E-state index in [1.807, 2.05) is 0 Å². The molecule has 2 fully saturated rings. The summed E-state index contributed by atoms with van der Waals surface area (Å²) in [6.07, 6.45) is -12.7. The molecule has 71 heavy (non-hydrogen) atoms. The average Bonchev–Trinajstić information content (AvgIpc) is 3.15. The van der Waals surface area contributed by atoms with E-state index in [0.29, 0.717) is 0 Å². The fourth-order valence-corrected chi connectivity index (χ4v) is 2.63. The minimum atomic E-state index is -4.67. The Bertz CT molecular complexity index is 1730. The summed E-state index contributed by atoms with van der Waals surface area (Å²) in [6.45, 7) is -2.32. The molecule has 2 aliphatic rings. The maximum absolute atomic E-state index is 10.00. The van der Waals surface area contributed by atoms with E-state index in [1.54, 1.807) is 0 Å². The second-order valence-electron chi connectivity index (χ2n) is 9.14. The molecule has 2 heterocycles. The van der Waals surface area contributed by atoms with Crippen molar-refractivity contribution < 1.29 is 286 Å². The first-order valence-electron chi connectivity index (χ1n) is 12.6. The predicted molar refractivity (Wildman–Crippen MR) is 208 cm³/mol. The zero-order valence-corrected chi connectivity index (χ0v) is 43.2. The zero-order chi connectivity index (χ0) is 53.4. The van der Waals surface area contributed by atoms with Gasteiger partial charge >= 0.3 is 135 Å². The molecule has 0 aromatic heterocycles. The van der Waals surface area contributed by atoms with Gasteiger partial charge in [-0.3, -0.25) is 72.8 Å². The van der Waals surface area contributed by atoms with Crippen molar-refractivity contribution in [2.75, 3.05) is 19.8 Å². The second-order valence-corrected chi connectivity index (χ2v) is 16.3. The fraction of sp³-hybridized carbons (Fsp3) is 1.00. The van der Waals surface area contributed by atoms with Gasteiger partial charge in [0.15, 0.2) is 6.29 Å². The van der Waals surface area contributed by atoms with Crippen LogP contribution < -0.4 is 51.4 Å². The molecule has 59 heteroatoms. The molecule has 9 atom stereocenters. The SMILES string of the molecule is O.O.O.O.O.O.O.O=S(=O)(O)O.O=S(=O)(O)O.O=S(=O)(O)O.O=S(=O)(O)O.O=S(=O)(O)O.O=S(=O)(O)O.O=S(=O)(O)O.O=S(=O)(O)O.OC[C@H]1O[C@@](CO)(O[C@H]2O[C@H](CO)[C@@H](O)[C@H](O)[C@H]2O)[C@@H](O)[C@@H]1O.[H-].[K+]. The molecule has 2 saturated heterocycles. The fourth-order valence-electron chi connectivity index (χ4n) is 2.63. The van der Waals surface area contributed by atoms with E-state index >= 15 is 0 Å². The zero-order valence-electron chi connectivity index (χ0n) is 34.5. The summed E-state index contributed by atoms with van der Waals surface area (Å²) in [5, 5.41) is 76.7. The van der Waals surface area contributed by atoms with Crippen LogP contribution in [0.1, 0.15) is 1.43 Å². The summed E-state index contributed by atoms with van der Waals surface area (Å²) in [7, 11) is -37.3. The summed E-state index contributed by atoms with van der Waals surface area (Å²) in [4.78, 5) is 0. The minimum absolute atomic E-state index is 0. The Morgan fingerprint density at radius 3 is 0.718 bits per heavy atom. The summed E-state index contributed by atoms with van der Waals surface area (Å²) < 4.78 is 268. The van der Waals surface area contributed by atoms with Crippen molar-refractivity contribution in [3.63, 3.8) is 0 Å². The maximum Gasteiger partial charge on any atom is 1.00 e. The first-order chi connectivity index (χ1) is 26.8. The van der Waals surface area contributed by atoms with Gasteiger partial charge in [-0.15, -0.1) is 0 Å². The van der Waals surface area contributed by atoms with Crippen molar-refractivity contribution in [2.45, 2.75) is 54.8 Å². The van der Waals surface area contributed by atoms with E-state index in [0.717, 1.165) is 0 Å². The van der Waals surface area contributed by atoms with Crippen molar-refractivity contribution >= 4 is 83.2 Å². The molecule has 0 amide bonds. The van der Waals surface area contributed by atoms with E-state index in [4.69, 9.17) is 165 Å². The van der Waals surface area contributed by atoms with Gasteiger partial charge in [0.25, 0.3) is 0 Å². The van der Waals surface area contributed by atoms with Crippen molar-refractivity contribution in [3.05, 3.63) is 0 Å². The van der Waals surface area contributed by atoms with Crippen molar-refractivity contribution in [3.8, 4) is 0 Å². The normalized spacial score (nSPS) is 23.1. The van der Waals surface area contributed by atoms with Gasteiger partial charge in [0, 0.05) is 0 Å². The molecule has 0 aromatic carbocycles. The standard InChI is InChI=1S/C12H22O11.K.8H2O4S.7H2O.H/c13-1-4-6(16)8(18)9(19)11(21-4)23-12(3-15)10(20)7(17)5(2-14)22-12;;8*1-5(2,3)4;;;;;;;;/h4-11,13-20H,1-3H2;;8*(H2,1,2,3,4);7*1H2;/q;+1;;;;;;;;;;;;;;;;-1/t4-,5-,6-,7-,8+,9-,10+,11-,12+;;;;;;;;;;;;;;;;;/m1................./s1. The molecule has 0 aromatic rings. The number of ether oxygens (including phenoxy) is 3. The maximum atomic E-state index is 10.00. The monoisotopic (exact) mass is 1290 g/mol. The van der Waals surface area contributed by atoms with Crippen LogP contribution in [0.5, 0.6) is 0 Å². The van der Waals surface area contributed by atoms with E-state index in [-0.39, 0.29) is 91.1 Å². The van der Waals surface area contributed by atoms with Crippen LogP contribution in [0.25, 0.3) is 0 Å². The molecule has 0 unspecified atom stereocenters. The molecule has 0 bridgehead atoms. The molecule has 2 aliphatic heterocycles. The molecule has 50 nitrogen and oxygen atoms in total. The Morgan fingerprint density at radius 2 is 0.563 bits per heavy atom. The van der Waals surface area contributed by atoms with Crippen LogP contribution in [0.3, 0.4) is 0 Å². The van der Waals surface area contributed by atoms with Gasteiger partial charge in [0.1, 0.15) is 49.3 Å². The van der Waals surface area contributed by atoms with E-state index < -0.39 is 158 Å². The third-order valence-electron chi connectivity index (χ3n) is 4.07. The average molecular weight is 1290 g/mol.